The lowest BCUT2D eigenvalue weighted by Crippen LogP contribution is -2.45. The van der Waals surface area contributed by atoms with E-state index in [0.29, 0.717) is 41.6 Å². The zero-order valence-corrected chi connectivity index (χ0v) is 17.0. The standard InChI is InChI=1S/C20H23N3O5.ClH/c1-26-16-11-15(23-20(25)18-12-21-8-9-28-18)17(27-2)10-14(16)22-19(24)13-6-4-3-5-7-13;/h3-7,10-11,18,21H,8-9,12H2,1-2H3,(H,22,24)(H,23,25);1H. The average Bonchev–Trinajstić information content (AvgIpc) is 2.75. The van der Waals surface area contributed by atoms with Gasteiger partial charge >= 0.3 is 0 Å². The van der Waals surface area contributed by atoms with E-state index in [-0.39, 0.29) is 24.2 Å². The van der Waals surface area contributed by atoms with Crippen LogP contribution in [0.4, 0.5) is 11.4 Å². The fourth-order valence-electron chi connectivity index (χ4n) is 2.82. The molecular weight excluding hydrogens is 398 g/mol. The van der Waals surface area contributed by atoms with Crippen molar-refractivity contribution in [1.29, 1.82) is 0 Å². The average molecular weight is 422 g/mol. The minimum atomic E-state index is -0.582. The molecule has 1 atom stereocenters. The molecule has 0 spiro atoms. The number of carbonyl (C=O) groups is 2. The number of benzene rings is 2. The molecule has 1 aliphatic rings. The highest BCUT2D eigenvalue weighted by Gasteiger charge is 2.23. The molecule has 1 unspecified atom stereocenters. The first-order chi connectivity index (χ1) is 13.6. The molecule has 9 heteroatoms. The first-order valence-electron chi connectivity index (χ1n) is 8.88. The predicted octanol–water partition coefficient (Wildman–Crippen LogP) is 2.30. The number of methoxy groups -OCH3 is 2. The summed E-state index contributed by atoms with van der Waals surface area (Å²) < 4.78 is 16.2. The van der Waals surface area contributed by atoms with Gasteiger partial charge < -0.3 is 30.2 Å². The van der Waals surface area contributed by atoms with Crippen LogP contribution in [0.1, 0.15) is 10.4 Å². The van der Waals surface area contributed by atoms with Crippen molar-refractivity contribution in [1.82, 2.24) is 5.32 Å². The van der Waals surface area contributed by atoms with Crippen molar-refractivity contribution < 1.29 is 23.8 Å². The molecule has 1 heterocycles. The van der Waals surface area contributed by atoms with Gasteiger partial charge in [0.15, 0.2) is 0 Å². The van der Waals surface area contributed by atoms with Crippen LogP contribution in [0.25, 0.3) is 0 Å². The summed E-state index contributed by atoms with van der Waals surface area (Å²) in [6.45, 7) is 1.64. The molecule has 29 heavy (non-hydrogen) atoms. The Bertz CT molecular complexity index is 842. The molecule has 3 rings (SSSR count). The Labute approximate surface area is 175 Å². The molecule has 1 fully saturated rings. The van der Waals surface area contributed by atoms with Gasteiger partial charge in [-0.05, 0) is 12.1 Å². The van der Waals surface area contributed by atoms with Crippen LogP contribution in [-0.4, -0.2) is 51.8 Å². The first kappa shape index (κ1) is 22.5. The Morgan fingerprint density at radius 1 is 1.03 bits per heavy atom. The number of amides is 2. The number of carbonyl (C=O) groups excluding carboxylic acids is 2. The van der Waals surface area contributed by atoms with Crippen LogP contribution >= 0.6 is 12.4 Å². The maximum atomic E-state index is 12.5. The predicted molar refractivity (Wildman–Crippen MR) is 112 cm³/mol. The van der Waals surface area contributed by atoms with E-state index in [1.165, 1.54) is 14.2 Å². The van der Waals surface area contributed by atoms with Crippen LogP contribution in [0.5, 0.6) is 11.5 Å². The van der Waals surface area contributed by atoms with E-state index in [1.807, 2.05) is 6.07 Å². The van der Waals surface area contributed by atoms with Gasteiger partial charge in [-0.1, -0.05) is 18.2 Å². The summed E-state index contributed by atoms with van der Waals surface area (Å²) in [4.78, 5) is 24.9. The number of halogens is 1. The van der Waals surface area contributed by atoms with Gasteiger partial charge in [0.05, 0.1) is 32.2 Å². The topological polar surface area (TPSA) is 97.9 Å². The Morgan fingerprint density at radius 3 is 2.21 bits per heavy atom. The van der Waals surface area contributed by atoms with Gasteiger partial charge in [0.1, 0.15) is 17.6 Å². The van der Waals surface area contributed by atoms with E-state index < -0.39 is 6.10 Å². The minimum Gasteiger partial charge on any atom is -0.494 e. The molecule has 8 nitrogen and oxygen atoms in total. The fourth-order valence-corrected chi connectivity index (χ4v) is 2.82. The molecule has 0 saturated carbocycles. The largest absolute Gasteiger partial charge is 0.494 e. The lowest BCUT2D eigenvalue weighted by Gasteiger charge is -2.23. The molecule has 156 valence electrons. The van der Waals surface area contributed by atoms with Crippen molar-refractivity contribution >= 4 is 35.6 Å². The lowest BCUT2D eigenvalue weighted by molar-refractivity contribution is -0.128. The number of anilines is 2. The second-order valence-electron chi connectivity index (χ2n) is 6.13. The van der Waals surface area contributed by atoms with E-state index in [2.05, 4.69) is 16.0 Å². The molecule has 1 aliphatic heterocycles. The summed E-state index contributed by atoms with van der Waals surface area (Å²) in [6.07, 6.45) is -0.582. The Kier molecular flexibility index (Phi) is 8.26. The van der Waals surface area contributed by atoms with Crippen molar-refractivity contribution in [2.24, 2.45) is 0 Å². The van der Waals surface area contributed by atoms with Crippen molar-refractivity contribution in [3.05, 3.63) is 48.0 Å². The third-order valence-electron chi connectivity index (χ3n) is 4.28. The molecule has 1 saturated heterocycles. The van der Waals surface area contributed by atoms with Gasteiger partial charge in [0.25, 0.3) is 11.8 Å². The highest BCUT2D eigenvalue weighted by Crippen LogP contribution is 2.36. The van der Waals surface area contributed by atoms with E-state index in [9.17, 15) is 9.59 Å². The summed E-state index contributed by atoms with van der Waals surface area (Å²) in [5.41, 5.74) is 1.38. The van der Waals surface area contributed by atoms with Crippen LogP contribution in [0, 0.1) is 0 Å². The van der Waals surface area contributed by atoms with Crippen molar-refractivity contribution in [3.8, 4) is 11.5 Å². The summed E-state index contributed by atoms with van der Waals surface area (Å²) >= 11 is 0. The molecule has 3 N–H and O–H groups in total. The number of hydrogen-bond acceptors (Lipinski definition) is 6. The Balaban J connectivity index is 0.00000300. The molecular formula is C20H24ClN3O5. The van der Waals surface area contributed by atoms with E-state index in [1.54, 1.807) is 36.4 Å². The van der Waals surface area contributed by atoms with Crippen molar-refractivity contribution in [2.45, 2.75) is 6.10 Å². The zero-order chi connectivity index (χ0) is 19.9. The maximum Gasteiger partial charge on any atom is 0.255 e. The summed E-state index contributed by atoms with van der Waals surface area (Å²) in [7, 11) is 2.97. The zero-order valence-electron chi connectivity index (χ0n) is 16.2. The number of morpholine rings is 1. The normalized spacial score (nSPS) is 15.6. The molecule has 2 amide bonds. The summed E-state index contributed by atoms with van der Waals surface area (Å²) in [5, 5.41) is 8.71. The van der Waals surface area contributed by atoms with Crippen LogP contribution in [0.2, 0.25) is 0 Å². The van der Waals surface area contributed by atoms with Gasteiger partial charge in [-0.25, -0.2) is 0 Å². The van der Waals surface area contributed by atoms with Crippen molar-refractivity contribution in [3.63, 3.8) is 0 Å². The van der Waals surface area contributed by atoms with Gasteiger partial charge in [-0.3, -0.25) is 9.59 Å². The number of ether oxygens (including phenoxy) is 3. The molecule has 0 aromatic heterocycles. The van der Waals surface area contributed by atoms with Crippen LogP contribution in [-0.2, 0) is 9.53 Å². The highest BCUT2D eigenvalue weighted by molar-refractivity contribution is 6.05. The smallest absolute Gasteiger partial charge is 0.255 e. The van der Waals surface area contributed by atoms with E-state index in [0.717, 1.165) is 6.54 Å². The van der Waals surface area contributed by atoms with Crippen LogP contribution in [0.3, 0.4) is 0 Å². The summed E-state index contributed by atoms with van der Waals surface area (Å²) in [6, 6.07) is 12.0. The van der Waals surface area contributed by atoms with Gasteiger partial charge in [0, 0.05) is 30.8 Å². The van der Waals surface area contributed by atoms with Gasteiger partial charge in [-0.2, -0.15) is 0 Å². The monoisotopic (exact) mass is 421 g/mol. The maximum absolute atomic E-state index is 12.5. The van der Waals surface area contributed by atoms with E-state index >= 15 is 0 Å². The SMILES string of the molecule is COc1cc(NC(=O)C2CNCCO2)c(OC)cc1NC(=O)c1ccccc1.Cl. The van der Waals surface area contributed by atoms with Crippen LogP contribution in [0.15, 0.2) is 42.5 Å². The third kappa shape index (κ3) is 5.60. The first-order valence-corrected chi connectivity index (χ1v) is 8.88. The summed E-state index contributed by atoms with van der Waals surface area (Å²) in [5.74, 6) is 0.220. The van der Waals surface area contributed by atoms with E-state index in [4.69, 9.17) is 14.2 Å². The quantitative estimate of drug-likeness (QED) is 0.662. The molecule has 2 aromatic rings. The highest BCUT2D eigenvalue weighted by atomic mass is 35.5. The number of rotatable bonds is 6. The molecule has 2 aromatic carbocycles. The van der Waals surface area contributed by atoms with Gasteiger partial charge in [-0.15, -0.1) is 12.4 Å². The second kappa shape index (κ2) is 10.7. The Morgan fingerprint density at radius 2 is 1.66 bits per heavy atom. The Hall–Kier alpha value is -2.81. The molecule has 0 bridgehead atoms. The van der Waals surface area contributed by atoms with Gasteiger partial charge in [0.2, 0.25) is 0 Å². The van der Waals surface area contributed by atoms with Crippen molar-refractivity contribution in [2.75, 3.05) is 44.5 Å². The third-order valence-corrected chi connectivity index (χ3v) is 4.28. The lowest BCUT2D eigenvalue weighted by atomic mass is 10.2. The minimum absolute atomic E-state index is 0. The fraction of sp³-hybridized carbons (Fsp3) is 0.300. The molecule has 0 radical (unpaired) electrons. The molecule has 0 aliphatic carbocycles. The number of hydrogen-bond donors (Lipinski definition) is 3. The number of nitrogens with one attached hydrogen (secondary N) is 3. The van der Waals surface area contributed by atoms with Crippen LogP contribution < -0.4 is 25.4 Å². The second-order valence-corrected chi connectivity index (χ2v) is 6.13.